The lowest BCUT2D eigenvalue weighted by Crippen LogP contribution is -1.85. The fourth-order valence-electron chi connectivity index (χ4n) is 1.30. The summed E-state index contributed by atoms with van der Waals surface area (Å²) in [6, 6.07) is 5.84. The summed E-state index contributed by atoms with van der Waals surface area (Å²) in [5.74, 6) is 2.77. The van der Waals surface area contributed by atoms with E-state index in [2.05, 4.69) is 26.1 Å². The lowest BCUT2D eigenvalue weighted by Gasteiger charge is -2.03. The standard InChI is InChI=1S/C11H10BrClN2OS/c1-7-14-15-11(16-7)6-17-5-8-4-9(12)2-3-10(8)13/h2-4H,5-6H2,1H3. The van der Waals surface area contributed by atoms with Crippen LogP contribution >= 0.6 is 39.3 Å². The lowest BCUT2D eigenvalue weighted by molar-refractivity contribution is 0.485. The summed E-state index contributed by atoms with van der Waals surface area (Å²) in [7, 11) is 0. The van der Waals surface area contributed by atoms with Crippen LogP contribution in [-0.2, 0) is 11.5 Å². The quantitative estimate of drug-likeness (QED) is 0.839. The van der Waals surface area contributed by atoms with Gasteiger partial charge in [0.15, 0.2) is 0 Å². The number of hydrogen-bond acceptors (Lipinski definition) is 4. The highest BCUT2D eigenvalue weighted by atomic mass is 79.9. The summed E-state index contributed by atoms with van der Waals surface area (Å²) in [5, 5.41) is 8.50. The molecule has 1 aromatic heterocycles. The fourth-order valence-corrected chi connectivity index (χ4v) is 2.82. The molecule has 0 spiro atoms. The van der Waals surface area contributed by atoms with E-state index >= 15 is 0 Å². The average Bonchev–Trinajstić information content (AvgIpc) is 2.69. The van der Waals surface area contributed by atoms with E-state index in [4.69, 9.17) is 16.0 Å². The van der Waals surface area contributed by atoms with Gasteiger partial charge in [-0.25, -0.2) is 0 Å². The third-order valence-electron chi connectivity index (χ3n) is 2.06. The molecule has 0 atom stereocenters. The van der Waals surface area contributed by atoms with E-state index in [9.17, 15) is 0 Å². The van der Waals surface area contributed by atoms with Gasteiger partial charge in [0.1, 0.15) is 0 Å². The smallest absolute Gasteiger partial charge is 0.226 e. The minimum atomic E-state index is 0.598. The van der Waals surface area contributed by atoms with Crippen LogP contribution in [0.25, 0.3) is 0 Å². The van der Waals surface area contributed by atoms with Crippen molar-refractivity contribution in [1.29, 1.82) is 0 Å². The monoisotopic (exact) mass is 332 g/mol. The van der Waals surface area contributed by atoms with Crippen LogP contribution in [0.1, 0.15) is 17.3 Å². The van der Waals surface area contributed by atoms with Crippen LogP contribution in [0, 0.1) is 6.92 Å². The highest BCUT2D eigenvalue weighted by Crippen LogP contribution is 2.26. The van der Waals surface area contributed by atoms with Gasteiger partial charge in [-0.15, -0.1) is 22.0 Å². The molecule has 2 aromatic rings. The SMILES string of the molecule is Cc1nnc(CSCc2cc(Br)ccc2Cl)o1. The summed E-state index contributed by atoms with van der Waals surface area (Å²) in [5.41, 5.74) is 1.10. The number of aromatic nitrogens is 2. The summed E-state index contributed by atoms with van der Waals surface area (Å²) < 4.78 is 6.32. The second-order valence-electron chi connectivity index (χ2n) is 3.44. The Labute approximate surface area is 117 Å². The fraction of sp³-hybridized carbons (Fsp3) is 0.273. The van der Waals surface area contributed by atoms with Gasteiger partial charge in [-0.2, -0.15) is 0 Å². The summed E-state index contributed by atoms with van der Waals surface area (Å²) in [6.07, 6.45) is 0. The summed E-state index contributed by atoms with van der Waals surface area (Å²) >= 11 is 11.2. The van der Waals surface area contributed by atoms with Gasteiger partial charge in [-0.1, -0.05) is 27.5 Å². The molecule has 3 nitrogen and oxygen atoms in total. The molecule has 0 aliphatic rings. The Morgan fingerprint density at radius 1 is 1.35 bits per heavy atom. The van der Waals surface area contributed by atoms with Crippen LogP contribution in [0.2, 0.25) is 5.02 Å². The molecule has 0 amide bonds. The number of rotatable bonds is 4. The first-order valence-corrected chi connectivity index (χ1v) is 7.28. The van der Waals surface area contributed by atoms with Crippen molar-refractivity contribution >= 4 is 39.3 Å². The predicted octanol–water partition coefficient (Wildman–Crippen LogP) is 4.23. The number of nitrogens with zero attached hydrogens (tertiary/aromatic N) is 2. The molecule has 0 saturated heterocycles. The van der Waals surface area contributed by atoms with Crippen molar-refractivity contribution in [2.75, 3.05) is 0 Å². The van der Waals surface area contributed by atoms with Crippen molar-refractivity contribution in [2.45, 2.75) is 18.4 Å². The van der Waals surface area contributed by atoms with Gasteiger partial charge in [0, 0.05) is 22.2 Å². The largest absolute Gasteiger partial charge is 0.425 e. The Hall–Kier alpha value is -0.520. The number of halogens is 2. The van der Waals surface area contributed by atoms with Crippen molar-refractivity contribution < 1.29 is 4.42 Å². The molecular formula is C11H10BrClN2OS. The Balaban J connectivity index is 1.91. The van der Waals surface area contributed by atoms with E-state index in [1.807, 2.05) is 18.2 Å². The van der Waals surface area contributed by atoms with Gasteiger partial charge < -0.3 is 4.42 Å². The maximum Gasteiger partial charge on any atom is 0.226 e. The zero-order valence-electron chi connectivity index (χ0n) is 9.11. The minimum Gasteiger partial charge on any atom is -0.425 e. The van der Waals surface area contributed by atoms with Crippen molar-refractivity contribution in [3.05, 3.63) is 45.0 Å². The number of benzene rings is 1. The van der Waals surface area contributed by atoms with Gasteiger partial charge in [0.25, 0.3) is 0 Å². The average molecular weight is 334 g/mol. The van der Waals surface area contributed by atoms with Crippen LogP contribution in [0.15, 0.2) is 27.1 Å². The van der Waals surface area contributed by atoms with Gasteiger partial charge in [0.05, 0.1) is 5.75 Å². The third-order valence-corrected chi connectivity index (χ3v) is 3.89. The zero-order valence-corrected chi connectivity index (χ0v) is 12.3. The highest BCUT2D eigenvalue weighted by Gasteiger charge is 2.05. The topological polar surface area (TPSA) is 38.9 Å². The van der Waals surface area contributed by atoms with Crippen LogP contribution in [-0.4, -0.2) is 10.2 Å². The molecule has 0 N–H and O–H groups in total. The van der Waals surface area contributed by atoms with Crippen LogP contribution in [0.4, 0.5) is 0 Å². The first-order chi connectivity index (χ1) is 8.15. The van der Waals surface area contributed by atoms with Gasteiger partial charge in [0.2, 0.25) is 11.8 Å². The van der Waals surface area contributed by atoms with E-state index in [-0.39, 0.29) is 0 Å². The Morgan fingerprint density at radius 2 is 2.18 bits per heavy atom. The Morgan fingerprint density at radius 3 is 2.88 bits per heavy atom. The van der Waals surface area contributed by atoms with Gasteiger partial charge >= 0.3 is 0 Å². The molecule has 0 radical (unpaired) electrons. The second-order valence-corrected chi connectivity index (χ2v) is 5.75. The molecule has 0 fully saturated rings. The normalized spacial score (nSPS) is 10.8. The molecule has 0 saturated carbocycles. The predicted molar refractivity (Wildman–Crippen MR) is 73.2 cm³/mol. The first-order valence-electron chi connectivity index (χ1n) is 4.96. The molecule has 0 aliphatic carbocycles. The maximum atomic E-state index is 6.10. The van der Waals surface area contributed by atoms with Gasteiger partial charge in [-0.05, 0) is 23.8 Å². The second kappa shape index (κ2) is 5.89. The van der Waals surface area contributed by atoms with Crippen LogP contribution in [0.3, 0.4) is 0 Å². The van der Waals surface area contributed by atoms with E-state index in [0.717, 1.165) is 20.8 Å². The Bertz CT molecular complexity index is 518. The summed E-state index contributed by atoms with van der Waals surface area (Å²) in [6.45, 7) is 1.78. The van der Waals surface area contributed by atoms with E-state index in [1.165, 1.54) is 0 Å². The maximum absolute atomic E-state index is 6.10. The molecular weight excluding hydrogens is 324 g/mol. The molecule has 1 heterocycles. The Kier molecular flexibility index (Phi) is 4.48. The third kappa shape index (κ3) is 3.72. The first kappa shape index (κ1) is 12.9. The molecule has 90 valence electrons. The van der Waals surface area contributed by atoms with Crippen molar-refractivity contribution in [3.8, 4) is 0 Å². The van der Waals surface area contributed by atoms with Crippen molar-refractivity contribution in [2.24, 2.45) is 0 Å². The van der Waals surface area contributed by atoms with E-state index in [0.29, 0.717) is 17.5 Å². The minimum absolute atomic E-state index is 0.598. The molecule has 17 heavy (non-hydrogen) atoms. The molecule has 1 aromatic carbocycles. The molecule has 2 rings (SSSR count). The lowest BCUT2D eigenvalue weighted by atomic mass is 10.2. The summed E-state index contributed by atoms with van der Waals surface area (Å²) in [4.78, 5) is 0. The highest BCUT2D eigenvalue weighted by molar-refractivity contribution is 9.10. The molecule has 0 unspecified atom stereocenters. The molecule has 0 bridgehead atoms. The number of aryl methyl sites for hydroxylation is 1. The van der Waals surface area contributed by atoms with Crippen LogP contribution in [0.5, 0.6) is 0 Å². The van der Waals surface area contributed by atoms with Crippen molar-refractivity contribution in [1.82, 2.24) is 10.2 Å². The van der Waals surface area contributed by atoms with Gasteiger partial charge in [-0.3, -0.25) is 0 Å². The van der Waals surface area contributed by atoms with Crippen LogP contribution < -0.4 is 0 Å². The zero-order chi connectivity index (χ0) is 12.3. The number of hydrogen-bond donors (Lipinski definition) is 0. The van der Waals surface area contributed by atoms with E-state index < -0.39 is 0 Å². The molecule has 0 aliphatic heterocycles. The molecule has 6 heteroatoms. The van der Waals surface area contributed by atoms with E-state index in [1.54, 1.807) is 18.7 Å². The van der Waals surface area contributed by atoms with Crippen molar-refractivity contribution in [3.63, 3.8) is 0 Å². The number of thioether (sulfide) groups is 1.